The van der Waals surface area contributed by atoms with Crippen molar-refractivity contribution < 1.29 is 4.39 Å². The Hall–Kier alpha value is -1.84. The molecule has 0 aliphatic carbocycles. The average molecular weight is 317 g/mol. The molecule has 0 saturated heterocycles. The molecule has 3 aromatic rings. The molecular weight excluding hydrogens is 299 g/mol. The van der Waals surface area contributed by atoms with Gasteiger partial charge in [-0.25, -0.2) is 4.39 Å². The SMILES string of the molecule is Cc1cccc(C2NCCc3c2[nH]c2ccc(F)cc32)c1.Cl. The van der Waals surface area contributed by atoms with Gasteiger partial charge in [0.05, 0.1) is 6.04 Å². The summed E-state index contributed by atoms with van der Waals surface area (Å²) >= 11 is 0. The van der Waals surface area contributed by atoms with Crippen molar-refractivity contribution in [2.24, 2.45) is 0 Å². The lowest BCUT2D eigenvalue weighted by Gasteiger charge is -2.25. The zero-order valence-electron chi connectivity index (χ0n) is 12.3. The van der Waals surface area contributed by atoms with E-state index >= 15 is 0 Å². The van der Waals surface area contributed by atoms with E-state index in [-0.39, 0.29) is 24.3 Å². The van der Waals surface area contributed by atoms with Gasteiger partial charge in [0.2, 0.25) is 0 Å². The third-order valence-corrected chi connectivity index (χ3v) is 4.29. The summed E-state index contributed by atoms with van der Waals surface area (Å²) in [5.74, 6) is -0.171. The van der Waals surface area contributed by atoms with Gasteiger partial charge < -0.3 is 10.3 Å². The summed E-state index contributed by atoms with van der Waals surface area (Å²) in [6.45, 7) is 3.02. The van der Waals surface area contributed by atoms with E-state index in [1.54, 1.807) is 6.07 Å². The van der Waals surface area contributed by atoms with E-state index < -0.39 is 0 Å². The number of hydrogen-bond acceptors (Lipinski definition) is 1. The van der Waals surface area contributed by atoms with E-state index in [1.807, 2.05) is 6.07 Å². The molecule has 0 fully saturated rings. The maximum absolute atomic E-state index is 13.5. The summed E-state index contributed by atoms with van der Waals surface area (Å²) in [6.07, 6.45) is 0.932. The molecule has 114 valence electrons. The molecule has 2 aromatic carbocycles. The van der Waals surface area contributed by atoms with E-state index in [2.05, 4.69) is 41.5 Å². The van der Waals surface area contributed by atoms with Crippen LogP contribution in [0.5, 0.6) is 0 Å². The molecule has 0 bridgehead atoms. The lowest BCUT2D eigenvalue weighted by atomic mass is 9.93. The first kappa shape index (κ1) is 15.1. The van der Waals surface area contributed by atoms with E-state index in [0.717, 1.165) is 23.9 Å². The fourth-order valence-corrected chi connectivity index (χ4v) is 3.33. The van der Waals surface area contributed by atoms with Crippen molar-refractivity contribution in [2.75, 3.05) is 6.54 Å². The van der Waals surface area contributed by atoms with Crippen LogP contribution in [0.3, 0.4) is 0 Å². The molecule has 0 radical (unpaired) electrons. The second kappa shape index (κ2) is 5.75. The van der Waals surface area contributed by atoms with Crippen LogP contribution in [0.2, 0.25) is 0 Å². The number of hydrogen-bond donors (Lipinski definition) is 2. The molecule has 2 heterocycles. The molecule has 0 amide bonds. The van der Waals surface area contributed by atoms with Crippen molar-refractivity contribution in [2.45, 2.75) is 19.4 Å². The fourth-order valence-electron chi connectivity index (χ4n) is 3.33. The highest BCUT2D eigenvalue weighted by Crippen LogP contribution is 2.33. The van der Waals surface area contributed by atoms with Crippen molar-refractivity contribution >= 4 is 23.3 Å². The minimum Gasteiger partial charge on any atom is -0.357 e. The number of fused-ring (bicyclic) bond motifs is 3. The summed E-state index contributed by atoms with van der Waals surface area (Å²) < 4.78 is 13.5. The van der Waals surface area contributed by atoms with Gasteiger partial charge in [-0.1, -0.05) is 29.8 Å². The number of nitrogens with one attached hydrogen (secondary N) is 2. The van der Waals surface area contributed by atoms with E-state index in [4.69, 9.17) is 0 Å². The Morgan fingerprint density at radius 1 is 1.14 bits per heavy atom. The second-order valence-electron chi connectivity index (χ2n) is 5.76. The lowest BCUT2D eigenvalue weighted by Crippen LogP contribution is -2.30. The van der Waals surface area contributed by atoms with E-state index in [1.165, 1.54) is 28.5 Å². The number of benzene rings is 2. The predicted octanol–water partition coefficient (Wildman–Crippen LogP) is 4.27. The zero-order chi connectivity index (χ0) is 14.4. The van der Waals surface area contributed by atoms with E-state index in [0.29, 0.717) is 0 Å². The van der Waals surface area contributed by atoms with Crippen LogP contribution in [0.1, 0.15) is 28.4 Å². The molecule has 22 heavy (non-hydrogen) atoms. The standard InChI is InChI=1S/C18H17FN2.ClH/c1-11-3-2-4-12(9-11)17-18-14(7-8-20-17)15-10-13(19)5-6-16(15)21-18;/h2-6,9-10,17,20-21H,7-8H2,1H3;1H. The molecule has 1 aliphatic rings. The first-order valence-electron chi connectivity index (χ1n) is 7.32. The third kappa shape index (κ3) is 2.40. The van der Waals surface area contributed by atoms with Crippen LogP contribution in [0.15, 0.2) is 42.5 Å². The third-order valence-electron chi connectivity index (χ3n) is 4.29. The van der Waals surface area contributed by atoms with Crippen LogP contribution in [0.4, 0.5) is 4.39 Å². The number of H-pyrrole nitrogens is 1. The Morgan fingerprint density at radius 2 is 2.00 bits per heavy atom. The van der Waals surface area contributed by atoms with Gasteiger partial charge >= 0.3 is 0 Å². The van der Waals surface area contributed by atoms with Crippen molar-refractivity contribution in [3.8, 4) is 0 Å². The Balaban J connectivity index is 0.00000144. The molecule has 1 aliphatic heterocycles. The lowest BCUT2D eigenvalue weighted by molar-refractivity contribution is 0.560. The minimum absolute atomic E-state index is 0. The highest BCUT2D eigenvalue weighted by atomic mass is 35.5. The Bertz CT molecular complexity index is 825. The zero-order valence-corrected chi connectivity index (χ0v) is 13.1. The number of rotatable bonds is 1. The molecule has 4 heteroatoms. The highest BCUT2D eigenvalue weighted by Gasteiger charge is 2.25. The van der Waals surface area contributed by atoms with Gasteiger partial charge in [-0.15, -0.1) is 12.4 Å². The van der Waals surface area contributed by atoms with Crippen molar-refractivity contribution in [1.29, 1.82) is 0 Å². The first-order chi connectivity index (χ1) is 10.2. The number of aromatic nitrogens is 1. The summed E-state index contributed by atoms with van der Waals surface area (Å²) in [4.78, 5) is 3.48. The second-order valence-corrected chi connectivity index (χ2v) is 5.76. The molecule has 1 atom stereocenters. The molecule has 2 nitrogen and oxygen atoms in total. The van der Waals surface area contributed by atoms with Crippen LogP contribution < -0.4 is 5.32 Å². The highest BCUT2D eigenvalue weighted by molar-refractivity contribution is 5.86. The molecule has 1 aromatic heterocycles. The van der Waals surface area contributed by atoms with Crippen LogP contribution in [-0.2, 0) is 6.42 Å². The average Bonchev–Trinajstić information content (AvgIpc) is 2.85. The van der Waals surface area contributed by atoms with Gasteiger partial charge in [0.15, 0.2) is 0 Å². The van der Waals surface area contributed by atoms with Crippen molar-refractivity contribution in [1.82, 2.24) is 10.3 Å². The Labute approximate surface area is 135 Å². The van der Waals surface area contributed by atoms with Crippen LogP contribution >= 0.6 is 12.4 Å². The van der Waals surface area contributed by atoms with E-state index in [9.17, 15) is 4.39 Å². The smallest absolute Gasteiger partial charge is 0.123 e. The normalized spacial score (nSPS) is 17.1. The summed E-state index contributed by atoms with van der Waals surface area (Å²) in [5.41, 5.74) is 5.94. The van der Waals surface area contributed by atoms with Gasteiger partial charge in [0, 0.05) is 23.1 Å². The largest absolute Gasteiger partial charge is 0.357 e. The molecule has 4 rings (SSSR count). The summed E-state index contributed by atoms with van der Waals surface area (Å²) in [7, 11) is 0. The molecule has 2 N–H and O–H groups in total. The molecule has 1 unspecified atom stereocenters. The molecular formula is C18H18ClFN2. The first-order valence-corrected chi connectivity index (χ1v) is 7.32. The van der Waals surface area contributed by atoms with Gasteiger partial charge in [0.1, 0.15) is 5.82 Å². The fraction of sp³-hybridized carbons (Fsp3) is 0.222. The van der Waals surface area contributed by atoms with Crippen molar-refractivity contribution in [3.63, 3.8) is 0 Å². The Kier molecular flexibility index (Phi) is 3.94. The molecule has 0 saturated carbocycles. The van der Waals surface area contributed by atoms with Crippen LogP contribution in [0, 0.1) is 12.7 Å². The van der Waals surface area contributed by atoms with Crippen LogP contribution in [-0.4, -0.2) is 11.5 Å². The number of aromatic amines is 1. The van der Waals surface area contributed by atoms with Gasteiger partial charge in [-0.05, 0) is 42.7 Å². The molecule has 0 spiro atoms. The monoisotopic (exact) mass is 316 g/mol. The topological polar surface area (TPSA) is 27.8 Å². The number of halogens is 2. The van der Waals surface area contributed by atoms with Crippen LogP contribution in [0.25, 0.3) is 10.9 Å². The maximum Gasteiger partial charge on any atom is 0.123 e. The summed E-state index contributed by atoms with van der Waals surface area (Å²) in [6, 6.07) is 13.7. The van der Waals surface area contributed by atoms with Gasteiger partial charge in [0.25, 0.3) is 0 Å². The predicted molar refractivity (Wildman–Crippen MR) is 90.2 cm³/mol. The minimum atomic E-state index is -0.171. The quantitative estimate of drug-likeness (QED) is 0.689. The maximum atomic E-state index is 13.5. The van der Waals surface area contributed by atoms with Gasteiger partial charge in [-0.3, -0.25) is 0 Å². The van der Waals surface area contributed by atoms with Gasteiger partial charge in [-0.2, -0.15) is 0 Å². The van der Waals surface area contributed by atoms with Crippen molar-refractivity contribution in [3.05, 3.63) is 70.7 Å². The summed E-state index contributed by atoms with van der Waals surface area (Å²) in [5, 5.41) is 4.59. The number of aryl methyl sites for hydroxylation is 1. The Morgan fingerprint density at radius 3 is 2.82 bits per heavy atom.